The first-order chi connectivity index (χ1) is 11.2. The predicted octanol–water partition coefficient (Wildman–Crippen LogP) is 3.62. The van der Waals surface area contributed by atoms with Gasteiger partial charge in [-0.1, -0.05) is 18.2 Å². The predicted molar refractivity (Wildman–Crippen MR) is 86.5 cm³/mol. The third-order valence-corrected chi connectivity index (χ3v) is 3.27. The minimum absolute atomic E-state index is 0.247. The maximum absolute atomic E-state index is 8.66. The van der Waals surface area contributed by atoms with E-state index in [0.29, 0.717) is 17.2 Å². The Morgan fingerprint density at radius 1 is 1.17 bits per heavy atom. The van der Waals surface area contributed by atoms with Gasteiger partial charge in [-0.2, -0.15) is 15.6 Å². The molecule has 3 aromatic rings. The molecule has 0 atom stereocenters. The topological polar surface area (TPSA) is 98.0 Å². The number of oxazole rings is 1. The van der Waals surface area contributed by atoms with Gasteiger partial charge in [0.1, 0.15) is 17.7 Å². The summed E-state index contributed by atoms with van der Waals surface area (Å²) >= 11 is 0. The van der Waals surface area contributed by atoms with Gasteiger partial charge < -0.3 is 4.42 Å². The fraction of sp³-hybridized carbons (Fsp3) is 0.0588. The van der Waals surface area contributed by atoms with Gasteiger partial charge in [0.15, 0.2) is 5.58 Å². The standard InChI is InChI=1S/C17H11N5O/c1-11-4-2-3-5-14(11)17-20-15-7-6-12(8-16(15)23-17)21-22-13(9-18)10-19/h2-8,21H,1H3. The van der Waals surface area contributed by atoms with Crippen LogP contribution in [0.3, 0.4) is 0 Å². The highest BCUT2D eigenvalue weighted by atomic mass is 16.3. The maximum Gasteiger partial charge on any atom is 0.237 e. The van der Waals surface area contributed by atoms with Gasteiger partial charge in [0.2, 0.25) is 11.6 Å². The van der Waals surface area contributed by atoms with Crippen LogP contribution in [-0.4, -0.2) is 10.7 Å². The summed E-state index contributed by atoms with van der Waals surface area (Å²) in [6.45, 7) is 2.00. The van der Waals surface area contributed by atoms with Crippen molar-refractivity contribution in [3.05, 3.63) is 48.0 Å². The number of aryl methyl sites for hydroxylation is 1. The van der Waals surface area contributed by atoms with Gasteiger partial charge in [-0.3, -0.25) is 5.43 Å². The van der Waals surface area contributed by atoms with E-state index in [0.717, 1.165) is 16.6 Å². The molecule has 6 nitrogen and oxygen atoms in total. The summed E-state index contributed by atoms with van der Waals surface area (Å²) in [6.07, 6.45) is 0. The molecule has 0 bridgehead atoms. The molecule has 0 fully saturated rings. The first-order valence-electron chi connectivity index (χ1n) is 6.82. The third kappa shape index (κ3) is 2.87. The number of hydrazone groups is 1. The fourth-order valence-corrected chi connectivity index (χ4v) is 2.12. The zero-order valence-corrected chi connectivity index (χ0v) is 12.2. The molecule has 0 saturated heterocycles. The van der Waals surface area contributed by atoms with E-state index in [2.05, 4.69) is 15.5 Å². The fourth-order valence-electron chi connectivity index (χ4n) is 2.12. The molecule has 0 aliphatic rings. The molecule has 0 radical (unpaired) electrons. The normalized spacial score (nSPS) is 9.87. The largest absolute Gasteiger partial charge is 0.436 e. The van der Waals surface area contributed by atoms with E-state index in [1.165, 1.54) is 0 Å². The molecule has 110 valence electrons. The minimum Gasteiger partial charge on any atom is -0.436 e. The van der Waals surface area contributed by atoms with Crippen molar-refractivity contribution in [3.8, 4) is 23.6 Å². The zero-order chi connectivity index (χ0) is 16.2. The lowest BCUT2D eigenvalue weighted by Crippen LogP contribution is -1.95. The summed E-state index contributed by atoms with van der Waals surface area (Å²) in [6, 6.07) is 16.5. The van der Waals surface area contributed by atoms with Crippen LogP contribution >= 0.6 is 0 Å². The van der Waals surface area contributed by atoms with Gasteiger partial charge >= 0.3 is 0 Å². The Hall–Kier alpha value is -3.64. The van der Waals surface area contributed by atoms with E-state index in [9.17, 15) is 0 Å². The average molecular weight is 301 g/mol. The Bertz CT molecular complexity index is 972. The van der Waals surface area contributed by atoms with Crippen LogP contribution in [0, 0.1) is 29.6 Å². The van der Waals surface area contributed by atoms with Gasteiger partial charge in [0.25, 0.3) is 0 Å². The zero-order valence-electron chi connectivity index (χ0n) is 12.2. The van der Waals surface area contributed by atoms with Gasteiger partial charge in [0.05, 0.1) is 5.69 Å². The van der Waals surface area contributed by atoms with Crippen LogP contribution in [0.4, 0.5) is 5.69 Å². The van der Waals surface area contributed by atoms with Crippen LogP contribution in [0.2, 0.25) is 0 Å². The number of nitriles is 2. The number of hydrogen-bond donors (Lipinski definition) is 1. The number of fused-ring (bicyclic) bond motifs is 1. The Morgan fingerprint density at radius 3 is 2.70 bits per heavy atom. The number of benzene rings is 2. The van der Waals surface area contributed by atoms with Gasteiger partial charge in [-0.15, -0.1) is 0 Å². The summed E-state index contributed by atoms with van der Waals surface area (Å²) in [5, 5.41) is 21.0. The van der Waals surface area contributed by atoms with Crippen LogP contribution in [0.15, 0.2) is 52.0 Å². The monoisotopic (exact) mass is 301 g/mol. The summed E-state index contributed by atoms with van der Waals surface area (Å²) in [4.78, 5) is 4.48. The van der Waals surface area contributed by atoms with Crippen LogP contribution in [0.1, 0.15) is 5.56 Å². The van der Waals surface area contributed by atoms with E-state index in [-0.39, 0.29) is 5.71 Å². The van der Waals surface area contributed by atoms with Crippen molar-refractivity contribution >= 4 is 22.5 Å². The Morgan fingerprint density at radius 2 is 1.96 bits per heavy atom. The number of nitrogens with one attached hydrogen (secondary N) is 1. The Labute approximate surface area is 132 Å². The van der Waals surface area contributed by atoms with Crippen molar-refractivity contribution in [3.63, 3.8) is 0 Å². The lowest BCUT2D eigenvalue weighted by Gasteiger charge is -1.99. The number of hydrogen-bond acceptors (Lipinski definition) is 6. The summed E-state index contributed by atoms with van der Waals surface area (Å²) in [7, 11) is 0. The number of anilines is 1. The van der Waals surface area contributed by atoms with Crippen molar-refractivity contribution in [1.82, 2.24) is 4.98 Å². The molecule has 0 unspecified atom stereocenters. The molecule has 1 N–H and O–H groups in total. The van der Waals surface area contributed by atoms with Gasteiger partial charge in [0, 0.05) is 11.6 Å². The SMILES string of the molecule is Cc1ccccc1-c1nc2ccc(NN=C(C#N)C#N)cc2o1. The van der Waals surface area contributed by atoms with E-state index < -0.39 is 0 Å². The molecule has 0 saturated carbocycles. The molecule has 0 amide bonds. The smallest absolute Gasteiger partial charge is 0.237 e. The number of nitrogens with zero attached hydrogens (tertiary/aromatic N) is 4. The molecular formula is C17H11N5O. The van der Waals surface area contributed by atoms with Crippen LogP contribution < -0.4 is 5.43 Å². The van der Waals surface area contributed by atoms with E-state index in [4.69, 9.17) is 14.9 Å². The molecule has 0 spiro atoms. The Kier molecular flexibility index (Phi) is 3.73. The lowest BCUT2D eigenvalue weighted by molar-refractivity contribution is 0.619. The molecule has 2 aromatic carbocycles. The molecule has 0 aliphatic heterocycles. The van der Waals surface area contributed by atoms with Crippen molar-refractivity contribution in [2.24, 2.45) is 5.10 Å². The van der Waals surface area contributed by atoms with Gasteiger partial charge in [-0.05, 0) is 30.7 Å². The molecule has 3 rings (SSSR count). The van der Waals surface area contributed by atoms with Gasteiger partial charge in [-0.25, -0.2) is 4.98 Å². The van der Waals surface area contributed by atoms with Crippen LogP contribution in [0.5, 0.6) is 0 Å². The highest BCUT2D eigenvalue weighted by Crippen LogP contribution is 2.28. The highest BCUT2D eigenvalue weighted by molar-refractivity contribution is 6.10. The first kappa shape index (κ1) is 14.3. The van der Waals surface area contributed by atoms with E-state index in [1.807, 2.05) is 31.2 Å². The van der Waals surface area contributed by atoms with E-state index in [1.54, 1.807) is 30.3 Å². The van der Waals surface area contributed by atoms with Crippen LogP contribution in [-0.2, 0) is 0 Å². The second kappa shape index (κ2) is 6.00. The van der Waals surface area contributed by atoms with E-state index >= 15 is 0 Å². The molecule has 1 heterocycles. The highest BCUT2D eigenvalue weighted by Gasteiger charge is 2.10. The molecular weight excluding hydrogens is 290 g/mol. The van der Waals surface area contributed by atoms with Crippen molar-refractivity contribution in [2.75, 3.05) is 5.43 Å². The molecule has 23 heavy (non-hydrogen) atoms. The second-order valence-corrected chi connectivity index (χ2v) is 4.81. The second-order valence-electron chi connectivity index (χ2n) is 4.81. The number of aromatic nitrogens is 1. The molecule has 0 aliphatic carbocycles. The van der Waals surface area contributed by atoms with Crippen LogP contribution in [0.25, 0.3) is 22.6 Å². The summed E-state index contributed by atoms with van der Waals surface area (Å²) in [5.41, 5.74) is 6.34. The Balaban J connectivity index is 1.96. The maximum atomic E-state index is 8.66. The quantitative estimate of drug-likeness (QED) is 0.588. The molecule has 6 heteroatoms. The number of rotatable bonds is 3. The van der Waals surface area contributed by atoms with Crippen molar-refractivity contribution < 1.29 is 4.42 Å². The molecule has 1 aromatic heterocycles. The lowest BCUT2D eigenvalue weighted by atomic mass is 10.1. The summed E-state index contributed by atoms with van der Waals surface area (Å²) in [5.74, 6) is 0.550. The third-order valence-electron chi connectivity index (χ3n) is 3.27. The van der Waals surface area contributed by atoms with Crippen molar-refractivity contribution in [1.29, 1.82) is 10.5 Å². The van der Waals surface area contributed by atoms with Crippen molar-refractivity contribution in [2.45, 2.75) is 6.92 Å². The average Bonchev–Trinajstić information content (AvgIpc) is 2.99. The minimum atomic E-state index is -0.247. The summed E-state index contributed by atoms with van der Waals surface area (Å²) < 4.78 is 5.81. The first-order valence-corrected chi connectivity index (χ1v) is 6.82.